The van der Waals surface area contributed by atoms with Crippen LogP contribution in [-0.4, -0.2) is 4.57 Å². The van der Waals surface area contributed by atoms with Gasteiger partial charge in [-0.05, 0) is 49.1 Å². The summed E-state index contributed by atoms with van der Waals surface area (Å²) in [6.45, 7) is 4.31. The molecule has 0 saturated heterocycles. The number of rotatable bonds is 0. The number of hydrogen-bond acceptors (Lipinski definition) is 0. The second kappa shape index (κ2) is 3.63. The number of allylic oxidation sites excluding steroid dienone is 3. The van der Waals surface area contributed by atoms with E-state index in [9.17, 15) is 0 Å². The minimum Gasteiger partial charge on any atom is -0.344 e. The Morgan fingerprint density at radius 3 is 2.82 bits per heavy atom. The molecular formula is C16H17N. The predicted octanol–water partition coefficient (Wildman–Crippen LogP) is 4.00. The zero-order chi connectivity index (χ0) is 12.0. The molecule has 0 N–H and O–H groups in total. The molecule has 0 radical (unpaired) electrons. The van der Waals surface area contributed by atoms with E-state index < -0.39 is 0 Å². The van der Waals surface area contributed by atoms with Crippen LogP contribution in [0.3, 0.4) is 0 Å². The predicted molar refractivity (Wildman–Crippen MR) is 74.2 cm³/mol. The van der Waals surface area contributed by atoms with E-state index in [1.807, 2.05) is 0 Å². The molecule has 1 aromatic carbocycles. The molecule has 1 heteroatoms. The molecule has 0 aliphatic heterocycles. The molecular weight excluding hydrogens is 206 g/mol. The van der Waals surface area contributed by atoms with Gasteiger partial charge in [-0.1, -0.05) is 24.3 Å². The number of aromatic nitrogens is 1. The Kier molecular flexibility index (Phi) is 2.22. The van der Waals surface area contributed by atoms with Crippen molar-refractivity contribution >= 4 is 17.0 Å². The van der Waals surface area contributed by atoms with Crippen molar-refractivity contribution in [2.75, 3.05) is 0 Å². The van der Waals surface area contributed by atoms with Crippen molar-refractivity contribution in [2.45, 2.75) is 20.3 Å². The zero-order valence-corrected chi connectivity index (χ0v) is 10.6. The van der Waals surface area contributed by atoms with Crippen LogP contribution in [0.4, 0.5) is 0 Å². The van der Waals surface area contributed by atoms with Crippen LogP contribution in [0.2, 0.25) is 0 Å². The molecule has 2 aromatic rings. The summed E-state index contributed by atoms with van der Waals surface area (Å²) in [4.78, 5) is 0. The summed E-state index contributed by atoms with van der Waals surface area (Å²) in [6, 6.07) is 6.73. The molecule has 1 heterocycles. The molecule has 0 atom stereocenters. The van der Waals surface area contributed by atoms with E-state index in [2.05, 4.69) is 61.9 Å². The van der Waals surface area contributed by atoms with Gasteiger partial charge in [-0.3, -0.25) is 0 Å². The summed E-state index contributed by atoms with van der Waals surface area (Å²) in [5, 5.41) is 1.39. The highest BCUT2D eigenvalue weighted by atomic mass is 14.9. The van der Waals surface area contributed by atoms with Gasteiger partial charge in [-0.25, -0.2) is 0 Å². The second-order valence-electron chi connectivity index (χ2n) is 4.94. The molecule has 0 amide bonds. The van der Waals surface area contributed by atoms with E-state index in [4.69, 9.17) is 0 Å². The standard InChI is InChI=1S/C16H17N/c1-11-5-4-6-13-14-8-7-12(2)10-16(14)17(3)15(13)9-11/h4-5,7-10H,6H2,1-3H3. The van der Waals surface area contributed by atoms with Gasteiger partial charge in [-0.2, -0.15) is 0 Å². The summed E-state index contributed by atoms with van der Waals surface area (Å²) in [6.07, 6.45) is 7.79. The maximum Gasteiger partial charge on any atom is 0.0488 e. The normalized spacial score (nSPS) is 14.6. The highest BCUT2D eigenvalue weighted by Crippen LogP contribution is 2.30. The van der Waals surface area contributed by atoms with Crippen molar-refractivity contribution in [3.05, 3.63) is 52.7 Å². The number of fused-ring (bicyclic) bond motifs is 3. The topological polar surface area (TPSA) is 4.93 Å². The fourth-order valence-corrected chi connectivity index (χ4v) is 2.67. The summed E-state index contributed by atoms with van der Waals surface area (Å²) in [7, 11) is 2.16. The number of aryl methyl sites for hydroxylation is 2. The average molecular weight is 223 g/mol. The third-order valence-corrected chi connectivity index (χ3v) is 3.58. The Morgan fingerprint density at radius 2 is 2.00 bits per heavy atom. The third-order valence-electron chi connectivity index (χ3n) is 3.58. The second-order valence-corrected chi connectivity index (χ2v) is 4.94. The fraction of sp³-hybridized carbons (Fsp3) is 0.250. The van der Waals surface area contributed by atoms with Gasteiger partial charge < -0.3 is 4.57 Å². The van der Waals surface area contributed by atoms with E-state index in [0.717, 1.165) is 6.42 Å². The van der Waals surface area contributed by atoms with Crippen LogP contribution < -0.4 is 0 Å². The van der Waals surface area contributed by atoms with E-state index in [1.165, 1.54) is 33.3 Å². The quantitative estimate of drug-likeness (QED) is 0.636. The Balaban J connectivity index is 2.40. The lowest BCUT2D eigenvalue weighted by atomic mass is 10.1. The van der Waals surface area contributed by atoms with E-state index >= 15 is 0 Å². The maximum absolute atomic E-state index is 2.31. The van der Waals surface area contributed by atoms with E-state index in [-0.39, 0.29) is 0 Å². The van der Waals surface area contributed by atoms with Crippen LogP contribution >= 0.6 is 0 Å². The summed E-state index contributed by atoms with van der Waals surface area (Å²) in [5.41, 5.74) is 6.80. The number of benzene rings is 1. The van der Waals surface area contributed by atoms with E-state index in [1.54, 1.807) is 0 Å². The van der Waals surface area contributed by atoms with Gasteiger partial charge in [0.15, 0.2) is 0 Å². The van der Waals surface area contributed by atoms with Gasteiger partial charge in [0.2, 0.25) is 0 Å². The monoisotopic (exact) mass is 223 g/mol. The van der Waals surface area contributed by atoms with Gasteiger partial charge in [0.05, 0.1) is 0 Å². The zero-order valence-electron chi connectivity index (χ0n) is 10.6. The van der Waals surface area contributed by atoms with Gasteiger partial charge >= 0.3 is 0 Å². The third kappa shape index (κ3) is 1.54. The van der Waals surface area contributed by atoms with Crippen molar-refractivity contribution in [2.24, 2.45) is 7.05 Å². The van der Waals surface area contributed by atoms with Crippen LogP contribution in [0.5, 0.6) is 0 Å². The smallest absolute Gasteiger partial charge is 0.0488 e. The summed E-state index contributed by atoms with van der Waals surface area (Å²) >= 11 is 0. The number of nitrogens with zero attached hydrogens (tertiary/aromatic N) is 1. The van der Waals surface area contributed by atoms with Gasteiger partial charge in [0, 0.05) is 23.6 Å². The molecule has 0 saturated carbocycles. The Labute approximate surface area is 102 Å². The Hall–Kier alpha value is -1.76. The summed E-state index contributed by atoms with van der Waals surface area (Å²) in [5.74, 6) is 0. The first kappa shape index (κ1) is 10.4. The number of hydrogen-bond donors (Lipinski definition) is 0. The van der Waals surface area contributed by atoms with Crippen molar-refractivity contribution in [3.8, 4) is 0 Å². The minimum absolute atomic E-state index is 1.03. The lowest BCUT2D eigenvalue weighted by Gasteiger charge is -2.01. The first-order valence-corrected chi connectivity index (χ1v) is 6.09. The molecule has 1 nitrogen and oxygen atoms in total. The lowest BCUT2D eigenvalue weighted by molar-refractivity contribution is 0.944. The van der Waals surface area contributed by atoms with E-state index in [0.29, 0.717) is 0 Å². The molecule has 86 valence electrons. The Morgan fingerprint density at radius 1 is 1.18 bits per heavy atom. The van der Waals surface area contributed by atoms with Crippen LogP contribution in [0, 0.1) is 6.92 Å². The highest BCUT2D eigenvalue weighted by molar-refractivity contribution is 5.89. The molecule has 0 bridgehead atoms. The fourth-order valence-electron chi connectivity index (χ4n) is 2.67. The first-order chi connectivity index (χ1) is 8.16. The maximum atomic E-state index is 2.31. The molecule has 3 rings (SSSR count). The largest absolute Gasteiger partial charge is 0.344 e. The molecule has 0 spiro atoms. The molecule has 0 fully saturated rings. The lowest BCUT2D eigenvalue weighted by Crippen LogP contribution is -1.92. The molecule has 1 aliphatic carbocycles. The van der Waals surface area contributed by atoms with Crippen LogP contribution in [0.15, 0.2) is 35.9 Å². The highest BCUT2D eigenvalue weighted by Gasteiger charge is 2.13. The molecule has 1 aliphatic rings. The molecule has 1 aromatic heterocycles. The van der Waals surface area contributed by atoms with Crippen LogP contribution in [0.25, 0.3) is 17.0 Å². The molecule has 0 unspecified atom stereocenters. The van der Waals surface area contributed by atoms with Gasteiger partial charge in [0.1, 0.15) is 0 Å². The molecule has 17 heavy (non-hydrogen) atoms. The van der Waals surface area contributed by atoms with Crippen molar-refractivity contribution < 1.29 is 0 Å². The Bertz CT molecular complexity index is 654. The van der Waals surface area contributed by atoms with Crippen LogP contribution in [-0.2, 0) is 13.5 Å². The average Bonchev–Trinajstić information content (AvgIpc) is 2.48. The summed E-state index contributed by atoms with van der Waals surface area (Å²) < 4.78 is 2.31. The van der Waals surface area contributed by atoms with Crippen molar-refractivity contribution in [1.82, 2.24) is 4.57 Å². The van der Waals surface area contributed by atoms with Crippen molar-refractivity contribution in [1.29, 1.82) is 0 Å². The minimum atomic E-state index is 1.03. The van der Waals surface area contributed by atoms with Crippen LogP contribution in [0.1, 0.15) is 23.7 Å². The van der Waals surface area contributed by atoms with Crippen molar-refractivity contribution in [3.63, 3.8) is 0 Å². The SMILES string of the molecule is CC1=Cc2c(c3ccc(C)cc3n2C)CC=C1. The van der Waals surface area contributed by atoms with Gasteiger partial charge in [0.25, 0.3) is 0 Å². The first-order valence-electron chi connectivity index (χ1n) is 6.09. The van der Waals surface area contributed by atoms with Gasteiger partial charge in [-0.15, -0.1) is 0 Å².